The zero-order chi connectivity index (χ0) is 36.0. The van der Waals surface area contributed by atoms with Crippen LogP contribution in [0.25, 0.3) is 115 Å². The highest BCUT2D eigenvalue weighted by Gasteiger charge is 2.17. The van der Waals surface area contributed by atoms with Crippen molar-refractivity contribution < 1.29 is 0 Å². The van der Waals surface area contributed by atoms with Crippen molar-refractivity contribution in [1.29, 1.82) is 0 Å². The van der Waals surface area contributed by atoms with Crippen molar-refractivity contribution in [3.63, 3.8) is 0 Å². The Morgan fingerprint density at radius 3 is 1.42 bits per heavy atom. The third-order valence-electron chi connectivity index (χ3n) is 11.7. The van der Waals surface area contributed by atoms with Crippen molar-refractivity contribution in [1.82, 2.24) is 9.55 Å². The van der Waals surface area contributed by atoms with Crippen LogP contribution in [0.4, 0.5) is 0 Å². The third kappa shape index (κ3) is 4.52. The van der Waals surface area contributed by atoms with E-state index in [0.717, 1.165) is 28.1 Å². The molecule has 0 radical (unpaired) electrons. The normalized spacial score (nSPS) is 12.0. The SMILES string of the molecule is c1ccc(-c2nc3ccccc3n2-c2ccc(-c3ccc(-c4cc5ccc6cccc7c8cccc9ccc%10cccc(c(c4)c5c67)c%10c98)cc3)cc2)cc1. The van der Waals surface area contributed by atoms with E-state index in [-0.39, 0.29) is 0 Å². The van der Waals surface area contributed by atoms with Crippen LogP contribution in [-0.4, -0.2) is 9.55 Å². The average Bonchev–Trinajstić information content (AvgIpc) is 3.65. The van der Waals surface area contributed by atoms with Gasteiger partial charge >= 0.3 is 0 Å². The van der Waals surface area contributed by atoms with Gasteiger partial charge in [0.1, 0.15) is 5.82 Å². The van der Waals surface area contributed by atoms with Crippen LogP contribution < -0.4 is 0 Å². The van der Waals surface area contributed by atoms with E-state index in [2.05, 4.69) is 193 Å². The van der Waals surface area contributed by atoms with Crippen LogP contribution >= 0.6 is 0 Å². The quantitative estimate of drug-likeness (QED) is 0.168. The molecule has 0 saturated carbocycles. The molecule has 1 aromatic heterocycles. The molecular formula is C53H32N2. The summed E-state index contributed by atoms with van der Waals surface area (Å²) in [5.41, 5.74) is 9.07. The smallest absolute Gasteiger partial charge is 0.145 e. The first kappa shape index (κ1) is 30.2. The fourth-order valence-electron chi connectivity index (χ4n) is 9.18. The van der Waals surface area contributed by atoms with Crippen LogP contribution in [0.15, 0.2) is 194 Å². The summed E-state index contributed by atoms with van der Waals surface area (Å²) in [7, 11) is 0. The number of rotatable bonds is 4. The van der Waals surface area contributed by atoms with Crippen molar-refractivity contribution in [2.24, 2.45) is 0 Å². The summed E-state index contributed by atoms with van der Waals surface area (Å²) in [6.45, 7) is 0. The number of para-hydroxylation sites is 2. The molecule has 0 fully saturated rings. The van der Waals surface area contributed by atoms with Gasteiger partial charge < -0.3 is 0 Å². The maximum absolute atomic E-state index is 5.03. The molecule has 0 bridgehead atoms. The Morgan fingerprint density at radius 2 is 0.800 bits per heavy atom. The molecular weight excluding hydrogens is 665 g/mol. The Bertz CT molecular complexity index is 3440. The molecule has 0 amide bonds. The lowest BCUT2D eigenvalue weighted by Gasteiger charge is -2.17. The predicted octanol–water partition coefficient (Wildman–Crippen LogP) is 14.4. The number of hydrogen-bond acceptors (Lipinski definition) is 1. The first-order valence-corrected chi connectivity index (χ1v) is 19.0. The number of benzene rings is 10. The lowest BCUT2D eigenvalue weighted by molar-refractivity contribution is 1.10. The van der Waals surface area contributed by atoms with Gasteiger partial charge in [-0.2, -0.15) is 0 Å². The lowest BCUT2D eigenvalue weighted by atomic mass is 9.86. The van der Waals surface area contributed by atoms with Crippen molar-refractivity contribution >= 4 is 75.7 Å². The maximum atomic E-state index is 5.03. The summed E-state index contributed by atoms with van der Waals surface area (Å²) in [6, 6.07) is 71.1. The number of hydrogen-bond donors (Lipinski definition) is 0. The van der Waals surface area contributed by atoms with Crippen molar-refractivity contribution in [3.8, 4) is 39.3 Å². The number of fused-ring (bicyclic) bond motifs is 3. The highest BCUT2D eigenvalue weighted by atomic mass is 15.1. The van der Waals surface area contributed by atoms with Gasteiger partial charge in [-0.05, 0) is 123 Å². The van der Waals surface area contributed by atoms with Crippen LogP contribution in [0, 0.1) is 0 Å². The Morgan fingerprint density at radius 1 is 0.309 bits per heavy atom. The molecule has 1 heterocycles. The van der Waals surface area contributed by atoms with Crippen LogP contribution in [-0.2, 0) is 0 Å². The van der Waals surface area contributed by atoms with E-state index in [0.29, 0.717) is 0 Å². The number of nitrogens with zero attached hydrogens (tertiary/aromatic N) is 2. The lowest BCUT2D eigenvalue weighted by Crippen LogP contribution is -1.97. The zero-order valence-corrected chi connectivity index (χ0v) is 29.9. The summed E-state index contributed by atoms with van der Waals surface area (Å²) >= 11 is 0. The molecule has 254 valence electrons. The molecule has 55 heavy (non-hydrogen) atoms. The standard InChI is InChI=1S/C53H32N2/c1-2-9-39(10-3-1)53-54-47-17-4-5-18-48(47)55(53)42-29-27-34(28-30-42)33-19-21-35(22-20-33)41-31-40-26-25-38-12-7-15-44-43-14-6-11-36-23-24-37-13-8-16-45(51(37)49(36)43)46(32-41)52(40)50(38)44/h1-32H. The first-order chi connectivity index (χ1) is 27.3. The molecule has 0 aliphatic heterocycles. The minimum Gasteiger partial charge on any atom is -0.292 e. The van der Waals surface area contributed by atoms with Crippen LogP contribution in [0.3, 0.4) is 0 Å². The fourth-order valence-corrected chi connectivity index (χ4v) is 9.18. The topological polar surface area (TPSA) is 17.8 Å². The number of aromatic nitrogens is 2. The van der Waals surface area contributed by atoms with Gasteiger partial charge in [0.05, 0.1) is 11.0 Å². The Labute approximate surface area is 317 Å². The molecule has 2 nitrogen and oxygen atoms in total. The third-order valence-corrected chi connectivity index (χ3v) is 11.7. The Balaban J connectivity index is 1.00. The first-order valence-electron chi connectivity index (χ1n) is 19.0. The second-order valence-electron chi connectivity index (χ2n) is 14.7. The Kier molecular flexibility index (Phi) is 6.37. The van der Waals surface area contributed by atoms with E-state index < -0.39 is 0 Å². The summed E-state index contributed by atoms with van der Waals surface area (Å²) in [5.74, 6) is 0.945. The van der Waals surface area contributed by atoms with Gasteiger partial charge in [-0.15, -0.1) is 0 Å². The molecule has 12 rings (SSSR count). The molecule has 0 atom stereocenters. The van der Waals surface area contributed by atoms with E-state index in [1.54, 1.807) is 0 Å². The van der Waals surface area contributed by atoms with Gasteiger partial charge in [0.15, 0.2) is 0 Å². The fraction of sp³-hybridized carbons (Fsp3) is 0. The maximum Gasteiger partial charge on any atom is 0.145 e. The van der Waals surface area contributed by atoms with Crippen molar-refractivity contribution in [2.75, 3.05) is 0 Å². The van der Waals surface area contributed by atoms with Crippen LogP contribution in [0.2, 0.25) is 0 Å². The van der Waals surface area contributed by atoms with E-state index in [1.165, 1.54) is 86.9 Å². The van der Waals surface area contributed by atoms with E-state index in [1.807, 2.05) is 6.07 Å². The molecule has 0 aliphatic rings. The van der Waals surface area contributed by atoms with Gasteiger partial charge in [-0.1, -0.05) is 158 Å². The predicted molar refractivity (Wildman–Crippen MR) is 234 cm³/mol. The highest BCUT2D eigenvalue weighted by molar-refractivity contribution is 6.37. The summed E-state index contributed by atoms with van der Waals surface area (Å²) in [5, 5.41) is 15.6. The summed E-state index contributed by atoms with van der Waals surface area (Å²) < 4.78 is 2.26. The molecule has 0 aliphatic carbocycles. The van der Waals surface area contributed by atoms with Gasteiger partial charge in [0.25, 0.3) is 0 Å². The zero-order valence-electron chi connectivity index (χ0n) is 29.9. The van der Waals surface area contributed by atoms with Gasteiger partial charge in [-0.3, -0.25) is 4.57 Å². The van der Waals surface area contributed by atoms with Crippen LogP contribution in [0.5, 0.6) is 0 Å². The highest BCUT2D eigenvalue weighted by Crippen LogP contribution is 2.44. The molecule has 0 spiro atoms. The summed E-state index contributed by atoms with van der Waals surface area (Å²) in [4.78, 5) is 5.03. The molecule has 12 aromatic rings. The van der Waals surface area contributed by atoms with E-state index in [4.69, 9.17) is 4.98 Å². The van der Waals surface area contributed by atoms with E-state index >= 15 is 0 Å². The molecule has 0 unspecified atom stereocenters. The second-order valence-corrected chi connectivity index (χ2v) is 14.7. The second kappa shape index (κ2) is 11.6. The number of imidazole rings is 1. The Hall–Kier alpha value is -7.29. The largest absolute Gasteiger partial charge is 0.292 e. The van der Waals surface area contributed by atoms with Gasteiger partial charge in [0, 0.05) is 11.3 Å². The molecule has 0 saturated heterocycles. The minimum absolute atomic E-state index is 0.945. The average molecular weight is 697 g/mol. The molecule has 11 aromatic carbocycles. The van der Waals surface area contributed by atoms with E-state index in [9.17, 15) is 0 Å². The van der Waals surface area contributed by atoms with Gasteiger partial charge in [-0.25, -0.2) is 4.98 Å². The minimum atomic E-state index is 0.945. The monoisotopic (exact) mass is 696 g/mol. The van der Waals surface area contributed by atoms with Crippen molar-refractivity contribution in [3.05, 3.63) is 194 Å². The molecule has 2 heteroatoms. The van der Waals surface area contributed by atoms with Gasteiger partial charge in [0.2, 0.25) is 0 Å². The summed E-state index contributed by atoms with van der Waals surface area (Å²) in [6.07, 6.45) is 0. The van der Waals surface area contributed by atoms with Crippen molar-refractivity contribution in [2.45, 2.75) is 0 Å². The van der Waals surface area contributed by atoms with Crippen LogP contribution in [0.1, 0.15) is 0 Å². The molecule has 0 N–H and O–H groups in total.